The fraction of sp³-hybridized carbons (Fsp3) is 0.192. The zero-order valence-electron chi connectivity index (χ0n) is 19.8. The van der Waals surface area contributed by atoms with E-state index < -0.39 is 24.2 Å². The number of nitrogens with one attached hydrogen (secondary N) is 1. The molecule has 1 amide bonds. The number of furan rings is 1. The van der Waals surface area contributed by atoms with Gasteiger partial charge in [0, 0.05) is 18.0 Å². The van der Waals surface area contributed by atoms with Gasteiger partial charge < -0.3 is 19.8 Å². The van der Waals surface area contributed by atoms with E-state index in [-0.39, 0.29) is 23.8 Å². The quantitative estimate of drug-likeness (QED) is 0.208. The second-order valence-corrected chi connectivity index (χ2v) is 9.85. The maximum atomic E-state index is 13.5. The van der Waals surface area contributed by atoms with Crippen molar-refractivity contribution >= 4 is 46.4 Å². The van der Waals surface area contributed by atoms with E-state index in [0.29, 0.717) is 33.5 Å². The van der Waals surface area contributed by atoms with Gasteiger partial charge in [-0.25, -0.2) is 8.60 Å². The summed E-state index contributed by atoms with van der Waals surface area (Å²) >= 11 is -2.37. The van der Waals surface area contributed by atoms with Crippen LogP contribution in [0.15, 0.2) is 65.1 Å². The van der Waals surface area contributed by atoms with Gasteiger partial charge in [0.2, 0.25) is 0 Å². The summed E-state index contributed by atoms with van der Waals surface area (Å²) in [5.74, 6) is -0.175. The van der Waals surface area contributed by atoms with Crippen LogP contribution in [0.2, 0.25) is 0 Å². The van der Waals surface area contributed by atoms with E-state index in [9.17, 15) is 28.0 Å². The number of rotatable bonds is 8. The largest absolute Gasteiger partial charge is 0.488 e. The molecule has 4 N–H and O–H groups in total. The minimum atomic E-state index is -2.37. The summed E-state index contributed by atoms with van der Waals surface area (Å²) in [5.41, 5.74) is 3.74. The highest BCUT2D eigenvalue weighted by Gasteiger charge is 2.30. The third-order valence-corrected chi connectivity index (χ3v) is 7.23. The van der Waals surface area contributed by atoms with Crippen molar-refractivity contribution in [3.63, 3.8) is 0 Å². The van der Waals surface area contributed by atoms with E-state index in [1.54, 1.807) is 30.3 Å². The van der Waals surface area contributed by atoms with E-state index in [1.807, 2.05) is 6.07 Å². The smallest absolute Gasteiger partial charge is 0.455 e. The SMILES string of the molecule is CNC(=O)c1c(-c2ccc(F)cc2)oc2cc(CN(c3ccc(B(O)O)cc3)S(=O)O)c(C3CC3)cc12. The third-order valence-electron chi connectivity index (χ3n) is 6.51. The number of carbonyl (C=O) groups excluding carboxylic acids is 1. The Kier molecular flexibility index (Phi) is 6.87. The fourth-order valence-corrected chi connectivity index (χ4v) is 5.02. The van der Waals surface area contributed by atoms with E-state index in [1.165, 1.54) is 35.6 Å². The van der Waals surface area contributed by atoms with Gasteiger partial charge in [-0.15, -0.1) is 0 Å². The first-order valence-electron chi connectivity index (χ1n) is 11.7. The van der Waals surface area contributed by atoms with Gasteiger partial charge in [0.05, 0.1) is 17.8 Å². The van der Waals surface area contributed by atoms with Crippen LogP contribution in [0, 0.1) is 5.82 Å². The number of fused-ring (bicyclic) bond motifs is 1. The first kappa shape index (κ1) is 25.2. The Bertz CT molecular complexity index is 1490. The zero-order valence-corrected chi connectivity index (χ0v) is 20.7. The summed E-state index contributed by atoms with van der Waals surface area (Å²) < 4.78 is 43.4. The van der Waals surface area contributed by atoms with Gasteiger partial charge in [0.15, 0.2) is 0 Å². The molecule has 5 rings (SSSR count). The molecule has 1 aliphatic carbocycles. The molecule has 37 heavy (non-hydrogen) atoms. The van der Waals surface area contributed by atoms with Crippen molar-refractivity contribution in [2.45, 2.75) is 25.3 Å². The van der Waals surface area contributed by atoms with Crippen LogP contribution < -0.4 is 15.1 Å². The predicted molar refractivity (Wildman–Crippen MR) is 140 cm³/mol. The van der Waals surface area contributed by atoms with Gasteiger partial charge in [-0.05, 0) is 83.9 Å². The highest BCUT2D eigenvalue weighted by molar-refractivity contribution is 7.80. The summed E-state index contributed by atoms with van der Waals surface area (Å²) in [5, 5.41) is 22.0. The average Bonchev–Trinajstić information content (AvgIpc) is 3.67. The molecular formula is C26H24BFN2O6S. The van der Waals surface area contributed by atoms with E-state index >= 15 is 0 Å². The summed E-state index contributed by atoms with van der Waals surface area (Å²) in [6, 6.07) is 15.4. The second kappa shape index (κ2) is 10.1. The second-order valence-electron chi connectivity index (χ2n) is 8.95. The van der Waals surface area contributed by atoms with Gasteiger partial charge >= 0.3 is 7.12 Å². The number of benzene rings is 3. The molecule has 190 valence electrons. The van der Waals surface area contributed by atoms with Crippen molar-refractivity contribution in [1.29, 1.82) is 0 Å². The van der Waals surface area contributed by atoms with Crippen molar-refractivity contribution in [2.75, 3.05) is 11.4 Å². The Morgan fingerprint density at radius 1 is 1.14 bits per heavy atom. The summed E-state index contributed by atoms with van der Waals surface area (Å²) in [7, 11) is -0.115. The van der Waals surface area contributed by atoms with Crippen LogP contribution in [0.3, 0.4) is 0 Å². The Hall–Kier alpha value is -3.51. The third kappa shape index (κ3) is 5.03. The van der Waals surface area contributed by atoms with Gasteiger partial charge in [-0.1, -0.05) is 12.1 Å². The van der Waals surface area contributed by atoms with Crippen molar-refractivity contribution in [3.8, 4) is 11.3 Å². The van der Waals surface area contributed by atoms with Crippen LogP contribution in [0.25, 0.3) is 22.3 Å². The molecule has 4 aromatic rings. The average molecular weight is 522 g/mol. The number of anilines is 1. The maximum absolute atomic E-state index is 13.5. The standard InChI is InChI=1S/C26H24BFN2O6S/c1-29-26(31)24-22-13-21(15-2-3-15)17(12-23(22)36-25(24)16-4-8-19(28)9-5-16)14-30(37(34)35)20-10-6-18(7-11-20)27(32)33/h4-13,15,32-33H,2-3,14H2,1H3,(H,29,31)(H,34,35). The summed E-state index contributed by atoms with van der Waals surface area (Å²) in [4.78, 5) is 12.9. The van der Waals surface area contributed by atoms with E-state index in [4.69, 9.17) is 4.42 Å². The van der Waals surface area contributed by atoms with Crippen LogP contribution in [0.1, 0.15) is 40.2 Å². The normalized spacial score (nSPS) is 14.0. The number of halogens is 1. The molecule has 11 heteroatoms. The molecule has 1 unspecified atom stereocenters. The Labute approximate surface area is 215 Å². The molecule has 0 radical (unpaired) electrons. The van der Waals surface area contributed by atoms with E-state index in [0.717, 1.165) is 24.0 Å². The highest BCUT2D eigenvalue weighted by atomic mass is 32.2. The monoisotopic (exact) mass is 522 g/mol. The van der Waals surface area contributed by atoms with Crippen molar-refractivity contribution in [1.82, 2.24) is 5.32 Å². The lowest BCUT2D eigenvalue weighted by Crippen LogP contribution is -2.30. The van der Waals surface area contributed by atoms with Crippen molar-refractivity contribution in [3.05, 3.63) is 83.2 Å². The lowest BCUT2D eigenvalue weighted by atomic mass is 9.80. The minimum absolute atomic E-state index is 0.0772. The predicted octanol–water partition coefficient (Wildman–Crippen LogP) is 3.30. The van der Waals surface area contributed by atoms with Gasteiger partial charge in [0.25, 0.3) is 17.2 Å². The number of nitrogens with zero attached hydrogens (tertiary/aromatic N) is 1. The van der Waals surface area contributed by atoms with Crippen LogP contribution in [0.5, 0.6) is 0 Å². The number of amides is 1. The van der Waals surface area contributed by atoms with E-state index in [2.05, 4.69) is 5.32 Å². The summed E-state index contributed by atoms with van der Waals surface area (Å²) in [6.07, 6.45) is 1.92. The van der Waals surface area contributed by atoms with Gasteiger partial charge in [0.1, 0.15) is 17.2 Å². The summed E-state index contributed by atoms with van der Waals surface area (Å²) in [6.45, 7) is 0.0772. The molecule has 0 saturated heterocycles. The van der Waals surface area contributed by atoms with Crippen LogP contribution in [-0.2, 0) is 17.8 Å². The van der Waals surface area contributed by atoms with Crippen LogP contribution >= 0.6 is 0 Å². The molecule has 1 heterocycles. The van der Waals surface area contributed by atoms with Crippen molar-refractivity contribution in [2.24, 2.45) is 0 Å². The first-order valence-corrected chi connectivity index (χ1v) is 12.7. The van der Waals surface area contributed by atoms with Gasteiger partial charge in [-0.3, -0.25) is 13.7 Å². The molecule has 1 saturated carbocycles. The minimum Gasteiger partial charge on any atom is -0.455 e. The van der Waals surface area contributed by atoms with Crippen molar-refractivity contribution < 1.29 is 32.4 Å². The molecule has 1 atom stereocenters. The molecule has 0 bridgehead atoms. The molecule has 1 aliphatic rings. The first-order chi connectivity index (χ1) is 17.8. The number of hydrogen-bond donors (Lipinski definition) is 4. The molecule has 1 aromatic heterocycles. The van der Waals surface area contributed by atoms with Crippen LogP contribution in [0.4, 0.5) is 10.1 Å². The molecule has 3 aromatic carbocycles. The maximum Gasteiger partial charge on any atom is 0.488 e. The van der Waals surface area contributed by atoms with Crippen LogP contribution in [-0.4, -0.2) is 38.9 Å². The molecule has 0 spiro atoms. The lowest BCUT2D eigenvalue weighted by molar-refractivity contribution is 0.0964. The molecule has 8 nitrogen and oxygen atoms in total. The molecule has 1 fully saturated rings. The van der Waals surface area contributed by atoms with Gasteiger partial charge in [-0.2, -0.15) is 0 Å². The number of hydrogen-bond acceptors (Lipinski definition) is 5. The topological polar surface area (TPSA) is 123 Å². The Balaban J connectivity index is 1.62. The highest BCUT2D eigenvalue weighted by Crippen LogP contribution is 2.45. The lowest BCUT2D eigenvalue weighted by Gasteiger charge is -2.22. The number of carbonyl (C=O) groups is 1. The molecular weight excluding hydrogens is 498 g/mol. The molecule has 0 aliphatic heterocycles. The zero-order chi connectivity index (χ0) is 26.3. The Morgan fingerprint density at radius 2 is 1.81 bits per heavy atom. The Morgan fingerprint density at radius 3 is 2.38 bits per heavy atom. The fourth-order valence-electron chi connectivity index (χ4n) is 4.47.